The van der Waals surface area contributed by atoms with Crippen LogP contribution in [-0.4, -0.2) is 28.5 Å². The second-order valence-electron chi connectivity index (χ2n) is 5.48. The number of rotatable bonds is 9. The number of nitrogens with one attached hydrogen (secondary N) is 1. The summed E-state index contributed by atoms with van der Waals surface area (Å²) >= 11 is 0. The standard InChI is InChI=1S/C14H25NO3/c1-2-10(9-16)6-7-12(13(15)14(17)18)8-11-4-3-5-11/h10-12,15-16H,2-9H2,1H3,(H,17,18). The molecule has 4 nitrogen and oxygen atoms in total. The summed E-state index contributed by atoms with van der Waals surface area (Å²) in [6.07, 6.45) is 6.90. The molecule has 0 bridgehead atoms. The van der Waals surface area contributed by atoms with E-state index in [0.717, 1.165) is 25.7 Å². The van der Waals surface area contributed by atoms with E-state index in [1.54, 1.807) is 0 Å². The second kappa shape index (κ2) is 7.52. The highest BCUT2D eigenvalue weighted by Gasteiger charge is 2.27. The summed E-state index contributed by atoms with van der Waals surface area (Å²) < 4.78 is 0. The van der Waals surface area contributed by atoms with Gasteiger partial charge in [0.15, 0.2) is 0 Å². The van der Waals surface area contributed by atoms with Crippen molar-refractivity contribution < 1.29 is 15.0 Å². The van der Waals surface area contributed by atoms with Gasteiger partial charge in [0, 0.05) is 12.5 Å². The van der Waals surface area contributed by atoms with Gasteiger partial charge in [-0.3, -0.25) is 5.41 Å². The molecule has 0 aromatic heterocycles. The van der Waals surface area contributed by atoms with Crippen LogP contribution < -0.4 is 0 Å². The van der Waals surface area contributed by atoms with E-state index < -0.39 is 5.97 Å². The molecule has 0 aromatic rings. The van der Waals surface area contributed by atoms with Gasteiger partial charge in [-0.1, -0.05) is 32.6 Å². The Labute approximate surface area is 109 Å². The van der Waals surface area contributed by atoms with Crippen LogP contribution in [0.25, 0.3) is 0 Å². The largest absolute Gasteiger partial charge is 0.477 e. The molecule has 0 amide bonds. The minimum absolute atomic E-state index is 0.131. The maximum atomic E-state index is 10.9. The molecular formula is C14H25NO3. The summed E-state index contributed by atoms with van der Waals surface area (Å²) in [4.78, 5) is 10.9. The predicted molar refractivity (Wildman–Crippen MR) is 70.9 cm³/mol. The van der Waals surface area contributed by atoms with E-state index in [1.807, 2.05) is 6.92 Å². The molecule has 0 radical (unpaired) electrons. The zero-order valence-electron chi connectivity index (χ0n) is 11.2. The van der Waals surface area contributed by atoms with Gasteiger partial charge >= 0.3 is 5.97 Å². The molecule has 4 heteroatoms. The Morgan fingerprint density at radius 1 is 1.39 bits per heavy atom. The highest BCUT2D eigenvalue weighted by molar-refractivity contribution is 6.35. The lowest BCUT2D eigenvalue weighted by molar-refractivity contribution is -0.129. The van der Waals surface area contributed by atoms with E-state index in [2.05, 4.69) is 0 Å². The van der Waals surface area contributed by atoms with Gasteiger partial charge in [0.2, 0.25) is 0 Å². The van der Waals surface area contributed by atoms with Crippen molar-refractivity contribution in [2.75, 3.05) is 6.61 Å². The molecule has 2 atom stereocenters. The maximum absolute atomic E-state index is 10.9. The Balaban J connectivity index is 2.47. The summed E-state index contributed by atoms with van der Waals surface area (Å²) in [7, 11) is 0. The average molecular weight is 255 g/mol. The molecule has 1 rings (SSSR count). The summed E-state index contributed by atoms with van der Waals surface area (Å²) in [5.41, 5.74) is -0.144. The molecule has 0 heterocycles. The van der Waals surface area contributed by atoms with Crippen LogP contribution in [0.15, 0.2) is 0 Å². The number of carbonyl (C=O) groups is 1. The summed E-state index contributed by atoms with van der Waals surface area (Å²) in [5.74, 6) is -0.357. The van der Waals surface area contributed by atoms with Crippen LogP contribution in [0.3, 0.4) is 0 Å². The fourth-order valence-corrected chi connectivity index (χ4v) is 2.55. The topological polar surface area (TPSA) is 81.4 Å². The fraction of sp³-hybridized carbons (Fsp3) is 0.857. The summed E-state index contributed by atoms with van der Waals surface area (Å²) in [6, 6.07) is 0. The fourth-order valence-electron chi connectivity index (χ4n) is 2.55. The molecule has 104 valence electrons. The molecule has 2 unspecified atom stereocenters. The van der Waals surface area contributed by atoms with Crippen molar-refractivity contribution in [3.8, 4) is 0 Å². The molecule has 0 spiro atoms. The van der Waals surface area contributed by atoms with E-state index in [1.165, 1.54) is 19.3 Å². The smallest absolute Gasteiger partial charge is 0.349 e. The third-order valence-corrected chi connectivity index (χ3v) is 4.24. The van der Waals surface area contributed by atoms with Crippen molar-refractivity contribution in [2.24, 2.45) is 17.8 Å². The average Bonchev–Trinajstić information content (AvgIpc) is 2.30. The molecule has 0 aromatic carbocycles. The highest BCUT2D eigenvalue weighted by Crippen LogP contribution is 2.34. The minimum Gasteiger partial charge on any atom is -0.477 e. The molecular weight excluding hydrogens is 230 g/mol. The van der Waals surface area contributed by atoms with Crippen molar-refractivity contribution in [1.82, 2.24) is 0 Å². The van der Waals surface area contributed by atoms with Gasteiger partial charge in [0.05, 0.1) is 0 Å². The number of carboxylic acid groups (broad SMARTS) is 1. The van der Waals surface area contributed by atoms with Crippen LogP contribution in [0.5, 0.6) is 0 Å². The van der Waals surface area contributed by atoms with Crippen LogP contribution >= 0.6 is 0 Å². The molecule has 0 saturated heterocycles. The van der Waals surface area contributed by atoms with Gasteiger partial charge in [0.25, 0.3) is 0 Å². The van der Waals surface area contributed by atoms with E-state index in [9.17, 15) is 4.79 Å². The molecule has 3 N–H and O–H groups in total. The van der Waals surface area contributed by atoms with Crippen LogP contribution in [-0.2, 0) is 4.79 Å². The lowest BCUT2D eigenvalue weighted by Gasteiger charge is -2.29. The summed E-state index contributed by atoms with van der Waals surface area (Å²) in [5, 5.41) is 25.8. The van der Waals surface area contributed by atoms with Crippen LogP contribution in [0, 0.1) is 23.2 Å². The van der Waals surface area contributed by atoms with Crippen molar-refractivity contribution in [1.29, 1.82) is 5.41 Å². The Morgan fingerprint density at radius 2 is 2.06 bits per heavy atom. The minimum atomic E-state index is -1.09. The SMILES string of the molecule is CCC(CO)CCC(CC1CCC1)C(=N)C(=O)O. The van der Waals surface area contributed by atoms with Gasteiger partial charge in [0.1, 0.15) is 5.71 Å². The number of hydrogen-bond acceptors (Lipinski definition) is 3. The number of carboxylic acids is 1. The van der Waals surface area contributed by atoms with E-state index in [0.29, 0.717) is 5.92 Å². The van der Waals surface area contributed by atoms with Gasteiger partial charge in [-0.05, 0) is 31.1 Å². The van der Waals surface area contributed by atoms with Gasteiger partial charge in [-0.15, -0.1) is 0 Å². The zero-order valence-corrected chi connectivity index (χ0v) is 11.2. The maximum Gasteiger partial charge on any atom is 0.349 e. The third kappa shape index (κ3) is 4.41. The predicted octanol–water partition coefficient (Wildman–Crippen LogP) is 2.70. The normalized spacial score (nSPS) is 19.0. The van der Waals surface area contributed by atoms with Crippen molar-refractivity contribution in [3.63, 3.8) is 0 Å². The van der Waals surface area contributed by atoms with Crippen LogP contribution in [0.4, 0.5) is 0 Å². The van der Waals surface area contributed by atoms with E-state index in [-0.39, 0.29) is 24.2 Å². The first-order valence-corrected chi connectivity index (χ1v) is 7.01. The number of aliphatic hydroxyl groups excluding tert-OH is 1. The lowest BCUT2D eigenvalue weighted by atomic mass is 9.76. The van der Waals surface area contributed by atoms with Crippen molar-refractivity contribution in [3.05, 3.63) is 0 Å². The molecule has 1 saturated carbocycles. The van der Waals surface area contributed by atoms with E-state index >= 15 is 0 Å². The Morgan fingerprint density at radius 3 is 2.44 bits per heavy atom. The van der Waals surface area contributed by atoms with Gasteiger partial charge in [-0.25, -0.2) is 4.79 Å². The monoisotopic (exact) mass is 255 g/mol. The summed E-state index contributed by atoms with van der Waals surface area (Å²) in [6.45, 7) is 2.19. The number of hydrogen-bond donors (Lipinski definition) is 3. The first-order valence-electron chi connectivity index (χ1n) is 7.01. The van der Waals surface area contributed by atoms with Crippen molar-refractivity contribution >= 4 is 11.7 Å². The first-order chi connectivity index (χ1) is 8.58. The Bertz CT molecular complexity index is 283. The lowest BCUT2D eigenvalue weighted by Crippen LogP contribution is -2.27. The molecule has 1 aliphatic rings. The Hall–Kier alpha value is -0.900. The third-order valence-electron chi connectivity index (χ3n) is 4.24. The van der Waals surface area contributed by atoms with Crippen LogP contribution in [0.2, 0.25) is 0 Å². The quantitative estimate of drug-likeness (QED) is 0.554. The van der Waals surface area contributed by atoms with Gasteiger partial charge in [-0.2, -0.15) is 0 Å². The number of aliphatic hydroxyl groups is 1. The molecule has 1 aliphatic carbocycles. The zero-order chi connectivity index (χ0) is 13.5. The number of aliphatic carboxylic acids is 1. The first kappa shape index (κ1) is 15.2. The second-order valence-corrected chi connectivity index (χ2v) is 5.48. The molecule has 1 fully saturated rings. The molecule has 18 heavy (non-hydrogen) atoms. The van der Waals surface area contributed by atoms with Crippen molar-refractivity contribution in [2.45, 2.75) is 51.9 Å². The van der Waals surface area contributed by atoms with Gasteiger partial charge < -0.3 is 10.2 Å². The molecule has 0 aliphatic heterocycles. The Kier molecular flexibility index (Phi) is 6.33. The van der Waals surface area contributed by atoms with Crippen LogP contribution in [0.1, 0.15) is 51.9 Å². The van der Waals surface area contributed by atoms with E-state index in [4.69, 9.17) is 15.6 Å². The highest BCUT2D eigenvalue weighted by atomic mass is 16.4.